The van der Waals surface area contributed by atoms with Gasteiger partial charge in [-0.25, -0.2) is 0 Å². The van der Waals surface area contributed by atoms with Crippen LogP contribution in [0.25, 0.3) is 0 Å². The quantitative estimate of drug-likeness (QED) is 0.383. The number of carbonyl (C=O) groups excluding carboxylic acids is 2. The number of thioether (sulfide) groups is 1. The topological polar surface area (TPSA) is 96.4 Å². The lowest BCUT2D eigenvalue weighted by Gasteiger charge is -2.35. The molecule has 1 saturated carbocycles. The molecule has 1 saturated heterocycles. The second-order valence-electron chi connectivity index (χ2n) is 11.2. The van der Waals surface area contributed by atoms with Gasteiger partial charge in [-0.15, -0.1) is 0 Å². The monoisotopic (exact) mass is 566 g/mol. The van der Waals surface area contributed by atoms with Crippen molar-refractivity contribution in [2.75, 3.05) is 32.1 Å². The lowest BCUT2D eigenvalue weighted by atomic mass is 9.81. The molecule has 0 radical (unpaired) electrons. The Balaban J connectivity index is 1.26. The van der Waals surface area contributed by atoms with E-state index in [-0.39, 0.29) is 42.0 Å². The number of carboxylic acid groups (broad SMARTS) is 1. The first-order chi connectivity index (χ1) is 19.3. The van der Waals surface area contributed by atoms with Crippen molar-refractivity contribution in [2.24, 2.45) is 11.8 Å². The number of carbonyl (C=O) groups is 3. The Morgan fingerprint density at radius 1 is 1.18 bits per heavy atom. The van der Waals surface area contributed by atoms with E-state index in [1.165, 1.54) is 21.6 Å². The van der Waals surface area contributed by atoms with Crippen molar-refractivity contribution in [2.45, 2.75) is 58.5 Å². The number of fused-ring (bicyclic) bond motifs is 1. The summed E-state index contributed by atoms with van der Waals surface area (Å²) in [4.78, 5) is 38.9. The van der Waals surface area contributed by atoms with Gasteiger partial charge >= 0.3 is 5.97 Å². The summed E-state index contributed by atoms with van der Waals surface area (Å²) in [6.45, 7) is 7.21. The number of amides is 2. The molecule has 1 aliphatic carbocycles. The van der Waals surface area contributed by atoms with Crippen molar-refractivity contribution >= 4 is 28.9 Å². The molecule has 0 spiro atoms. The van der Waals surface area contributed by atoms with Crippen LogP contribution in [0.3, 0.4) is 0 Å². The van der Waals surface area contributed by atoms with Gasteiger partial charge in [0.15, 0.2) is 0 Å². The third kappa shape index (κ3) is 6.63. The molecule has 1 unspecified atom stereocenters. The van der Waals surface area contributed by atoms with Crippen molar-refractivity contribution in [1.82, 2.24) is 9.80 Å². The van der Waals surface area contributed by atoms with Crippen LogP contribution >= 0.6 is 11.8 Å². The molecular weight excluding hydrogens is 528 g/mol. The summed E-state index contributed by atoms with van der Waals surface area (Å²) in [5, 5.41) is 9.23. The van der Waals surface area contributed by atoms with Crippen LogP contribution in [0.4, 0.5) is 4.79 Å². The summed E-state index contributed by atoms with van der Waals surface area (Å²) in [7, 11) is 0. The van der Waals surface area contributed by atoms with Crippen molar-refractivity contribution in [3.63, 3.8) is 0 Å². The number of rotatable bonds is 11. The van der Waals surface area contributed by atoms with Crippen LogP contribution in [0.5, 0.6) is 11.5 Å². The maximum Gasteiger partial charge on any atom is 0.306 e. The van der Waals surface area contributed by atoms with Crippen LogP contribution in [0.15, 0.2) is 36.4 Å². The van der Waals surface area contributed by atoms with Crippen molar-refractivity contribution in [3.8, 4) is 11.5 Å². The van der Waals surface area contributed by atoms with Crippen LogP contribution < -0.4 is 9.47 Å². The van der Waals surface area contributed by atoms with Crippen molar-refractivity contribution in [1.29, 1.82) is 0 Å². The number of hydrogen-bond donors (Lipinski definition) is 1. The predicted molar refractivity (Wildman–Crippen MR) is 154 cm³/mol. The minimum atomic E-state index is -0.667. The standard InChI is InChI=1S/C31H38N2O6S/c1-20-15-23(5-9-27(20)39-14-12-33-29(34)19-40-31(33)37)18-32(17-22-3-6-24(7-4-22)30(35)36)21(2)25-8-10-28-26(16-25)11-13-38-28/h5,8-10,15-16,21-22,24H,3-4,6-7,11-14,17-19H2,1-2H3,(H,35,36)/t21?,22-,24-. The van der Waals surface area contributed by atoms with Crippen LogP contribution in [0.2, 0.25) is 0 Å². The molecule has 2 fully saturated rings. The van der Waals surface area contributed by atoms with E-state index in [4.69, 9.17) is 9.47 Å². The first kappa shape index (κ1) is 28.5. The average molecular weight is 567 g/mol. The van der Waals surface area contributed by atoms with E-state index in [0.717, 1.165) is 80.6 Å². The zero-order valence-electron chi connectivity index (χ0n) is 23.3. The van der Waals surface area contributed by atoms with Crippen LogP contribution in [0.1, 0.15) is 60.9 Å². The zero-order valence-corrected chi connectivity index (χ0v) is 24.1. The molecule has 2 aliphatic heterocycles. The summed E-state index contributed by atoms with van der Waals surface area (Å²) >= 11 is 1.04. The highest BCUT2D eigenvalue weighted by Crippen LogP contribution is 2.35. The molecule has 9 heteroatoms. The fraction of sp³-hybridized carbons (Fsp3) is 0.516. The number of nitrogens with zero attached hydrogens (tertiary/aromatic N) is 2. The van der Waals surface area contributed by atoms with E-state index >= 15 is 0 Å². The number of imide groups is 1. The van der Waals surface area contributed by atoms with Gasteiger partial charge in [0.25, 0.3) is 5.24 Å². The molecule has 2 heterocycles. The number of aliphatic carboxylic acids is 1. The van der Waals surface area contributed by atoms with Gasteiger partial charge in [0.05, 0.1) is 24.8 Å². The van der Waals surface area contributed by atoms with Crippen LogP contribution in [-0.4, -0.2) is 64.1 Å². The Morgan fingerprint density at radius 3 is 2.67 bits per heavy atom. The molecular formula is C31H38N2O6S. The van der Waals surface area contributed by atoms with Crippen LogP contribution in [-0.2, 0) is 22.6 Å². The van der Waals surface area contributed by atoms with E-state index < -0.39 is 5.97 Å². The van der Waals surface area contributed by atoms with E-state index in [1.54, 1.807) is 0 Å². The van der Waals surface area contributed by atoms with Gasteiger partial charge in [-0.05, 0) is 79.8 Å². The molecule has 1 N–H and O–H groups in total. The average Bonchev–Trinajstić information content (AvgIpc) is 3.55. The normalized spacial score (nSPS) is 21.4. The molecule has 8 nitrogen and oxygen atoms in total. The summed E-state index contributed by atoms with van der Waals surface area (Å²) in [6, 6.07) is 12.9. The van der Waals surface area contributed by atoms with E-state index in [9.17, 15) is 19.5 Å². The van der Waals surface area contributed by atoms with Crippen molar-refractivity contribution < 1.29 is 29.0 Å². The van der Waals surface area contributed by atoms with E-state index in [0.29, 0.717) is 5.92 Å². The number of ether oxygens (including phenoxy) is 2. The molecule has 1 atom stereocenters. The predicted octanol–water partition coefficient (Wildman–Crippen LogP) is 5.46. The molecule has 3 aliphatic rings. The molecule has 214 valence electrons. The van der Waals surface area contributed by atoms with Crippen LogP contribution in [0, 0.1) is 18.8 Å². The van der Waals surface area contributed by atoms with E-state index in [1.807, 2.05) is 13.0 Å². The molecule has 5 rings (SSSR count). The second kappa shape index (κ2) is 12.6. The third-order valence-electron chi connectivity index (χ3n) is 8.47. The summed E-state index contributed by atoms with van der Waals surface area (Å²) in [6.07, 6.45) is 4.30. The molecule has 0 bridgehead atoms. The molecule has 2 aromatic carbocycles. The van der Waals surface area contributed by atoms with Gasteiger partial charge in [0.1, 0.15) is 18.1 Å². The lowest BCUT2D eigenvalue weighted by molar-refractivity contribution is -0.143. The largest absolute Gasteiger partial charge is 0.493 e. The lowest BCUT2D eigenvalue weighted by Crippen LogP contribution is -2.34. The maximum absolute atomic E-state index is 11.8. The summed E-state index contributed by atoms with van der Waals surface area (Å²) < 4.78 is 11.7. The van der Waals surface area contributed by atoms with Crippen molar-refractivity contribution in [3.05, 3.63) is 58.7 Å². The first-order valence-electron chi connectivity index (χ1n) is 14.2. The molecule has 40 heavy (non-hydrogen) atoms. The number of carboxylic acids is 1. The first-order valence-corrected chi connectivity index (χ1v) is 15.2. The highest BCUT2D eigenvalue weighted by molar-refractivity contribution is 8.14. The molecule has 0 aromatic heterocycles. The Hall–Kier alpha value is -3.04. The number of benzene rings is 2. The summed E-state index contributed by atoms with van der Waals surface area (Å²) in [5.74, 6) is 1.37. The molecule has 2 amide bonds. The highest BCUT2D eigenvalue weighted by atomic mass is 32.2. The van der Waals surface area contributed by atoms with E-state index in [2.05, 4.69) is 42.2 Å². The van der Waals surface area contributed by atoms with Gasteiger partial charge in [-0.3, -0.25) is 24.2 Å². The highest BCUT2D eigenvalue weighted by Gasteiger charge is 2.30. The van der Waals surface area contributed by atoms with Gasteiger partial charge in [-0.2, -0.15) is 0 Å². The fourth-order valence-corrected chi connectivity index (χ4v) is 6.76. The van der Waals surface area contributed by atoms with Gasteiger partial charge < -0.3 is 14.6 Å². The SMILES string of the molecule is Cc1cc(CN(C[C@H]2CC[C@H](C(=O)O)CC2)C(C)c2ccc3c(c2)CCO3)ccc1OCCN1C(=O)CSC1=O. The fourth-order valence-electron chi connectivity index (χ4n) is 6.01. The second-order valence-corrected chi connectivity index (χ2v) is 12.1. The maximum atomic E-state index is 11.8. The summed E-state index contributed by atoms with van der Waals surface area (Å²) in [5.41, 5.74) is 4.72. The Labute approximate surface area is 240 Å². The number of hydrogen-bond acceptors (Lipinski definition) is 7. The molecule has 2 aromatic rings. The smallest absolute Gasteiger partial charge is 0.306 e. The van der Waals surface area contributed by atoms with Gasteiger partial charge in [0.2, 0.25) is 5.91 Å². The minimum Gasteiger partial charge on any atom is -0.493 e. The third-order valence-corrected chi connectivity index (χ3v) is 9.33. The zero-order chi connectivity index (χ0) is 28.2. The van der Waals surface area contributed by atoms with Gasteiger partial charge in [-0.1, -0.05) is 36.0 Å². The number of aryl methyl sites for hydroxylation is 1. The minimum absolute atomic E-state index is 0.160. The Kier molecular flexibility index (Phi) is 9.00. The Morgan fingerprint density at radius 2 is 1.98 bits per heavy atom. The Bertz CT molecular complexity index is 1240. The van der Waals surface area contributed by atoms with Gasteiger partial charge in [0, 0.05) is 25.6 Å².